The monoisotopic (exact) mass is 260 g/mol. The zero-order valence-corrected chi connectivity index (χ0v) is 9.56. The molecule has 0 aliphatic carbocycles. The molecule has 2 nitrogen and oxygen atoms in total. The first kappa shape index (κ1) is 10.5. The van der Waals surface area contributed by atoms with Crippen molar-refractivity contribution in [2.24, 2.45) is 10.7 Å². The van der Waals surface area contributed by atoms with Gasteiger partial charge in [0, 0.05) is 4.47 Å². The Bertz CT molecular complexity index is 336. The van der Waals surface area contributed by atoms with Crippen LogP contribution in [-0.2, 0) is 0 Å². The number of rotatable bonds is 2. The van der Waals surface area contributed by atoms with Crippen LogP contribution in [-0.4, -0.2) is 11.7 Å². The second-order valence-corrected chi connectivity index (χ2v) is 3.71. The van der Waals surface area contributed by atoms with Gasteiger partial charge in [-0.05, 0) is 34.5 Å². The van der Waals surface area contributed by atoms with Crippen LogP contribution in [0.2, 0.25) is 0 Å². The predicted molar refractivity (Wildman–Crippen MR) is 60.9 cm³/mol. The Kier molecular flexibility index (Phi) is 3.75. The summed E-state index contributed by atoms with van der Waals surface area (Å²) in [5.41, 5.74) is 7.47. The minimum absolute atomic E-state index is 0.250. The van der Waals surface area contributed by atoms with Crippen LogP contribution in [0.5, 0.6) is 0 Å². The van der Waals surface area contributed by atoms with Crippen molar-refractivity contribution in [2.75, 3.05) is 5.88 Å². The van der Waals surface area contributed by atoms with Gasteiger partial charge >= 0.3 is 0 Å². The Balaban J connectivity index is 3.09. The summed E-state index contributed by atoms with van der Waals surface area (Å²) in [7, 11) is 0. The third kappa shape index (κ3) is 2.71. The number of aryl methyl sites for hydroxylation is 1. The van der Waals surface area contributed by atoms with E-state index in [9.17, 15) is 0 Å². The summed E-state index contributed by atoms with van der Waals surface area (Å²) in [6.07, 6.45) is 0. The molecule has 0 spiro atoms. The maximum Gasteiger partial charge on any atom is 0.115 e. The van der Waals surface area contributed by atoms with Gasteiger partial charge in [-0.3, -0.25) is 0 Å². The van der Waals surface area contributed by atoms with Crippen molar-refractivity contribution in [3.63, 3.8) is 0 Å². The van der Waals surface area contributed by atoms with E-state index in [1.54, 1.807) is 0 Å². The third-order valence-corrected chi connectivity index (χ3v) is 2.88. The van der Waals surface area contributed by atoms with Crippen molar-refractivity contribution in [1.82, 2.24) is 0 Å². The summed E-state index contributed by atoms with van der Waals surface area (Å²) < 4.78 is 0.961. The van der Waals surface area contributed by atoms with E-state index in [1.165, 1.54) is 0 Å². The molecule has 0 heterocycles. The number of halogens is 2. The van der Waals surface area contributed by atoms with Gasteiger partial charge in [-0.25, -0.2) is 4.99 Å². The zero-order valence-electron chi connectivity index (χ0n) is 7.22. The van der Waals surface area contributed by atoms with E-state index in [0.717, 1.165) is 15.7 Å². The molecule has 0 radical (unpaired) electrons. The summed E-state index contributed by atoms with van der Waals surface area (Å²) in [6.45, 7) is 2.00. The van der Waals surface area contributed by atoms with Crippen molar-refractivity contribution in [1.29, 1.82) is 0 Å². The smallest absolute Gasteiger partial charge is 0.115 e. The van der Waals surface area contributed by atoms with Crippen LogP contribution in [0.4, 0.5) is 5.69 Å². The van der Waals surface area contributed by atoms with Gasteiger partial charge in [-0.1, -0.05) is 12.1 Å². The summed E-state index contributed by atoms with van der Waals surface area (Å²) in [6, 6.07) is 5.82. The van der Waals surface area contributed by atoms with E-state index in [0.29, 0.717) is 5.84 Å². The van der Waals surface area contributed by atoms with Gasteiger partial charge in [-0.15, -0.1) is 11.6 Å². The minimum atomic E-state index is 0.250. The number of nitrogens with zero attached hydrogens (tertiary/aromatic N) is 1. The lowest BCUT2D eigenvalue weighted by molar-refractivity contribution is 1.37. The molecule has 0 aromatic heterocycles. The molecule has 0 bridgehead atoms. The molecule has 0 saturated heterocycles. The van der Waals surface area contributed by atoms with Crippen molar-refractivity contribution >= 4 is 39.1 Å². The highest BCUT2D eigenvalue weighted by atomic mass is 79.9. The van der Waals surface area contributed by atoms with Crippen LogP contribution in [0.25, 0.3) is 0 Å². The van der Waals surface area contributed by atoms with E-state index < -0.39 is 0 Å². The Morgan fingerprint density at radius 3 is 2.92 bits per heavy atom. The number of alkyl halides is 1. The van der Waals surface area contributed by atoms with Gasteiger partial charge in [0.25, 0.3) is 0 Å². The van der Waals surface area contributed by atoms with Gasteiger partial charge in [0.05, 0.1) is 11.6 Å². The quantitative estimate of drug-likeness (QED) is 0.496. The highest BCUT2D eigenvalue weighted by molar-refractivity contribution is 9.10. The van der Waals surface area contributed by atoms with Crippen molar-refractivity contribution in [3.8, 4) is 0 Å². The van der Waals surface area contributed by atoms with Crippen LogP contribution in [0.1, 0.15) is 5.56 Å². The molecule has 4 heteroatoms. The summed E-state index contributed by atoms with van der Waals surface area (Å²) in [4.78, 5) is 4.15. The Hall–Kier alpha value is -0.540. The molecule has 1 aromatic rings. The average molecular weight is 262 g/mol. The fourth-order valence-corrected chi connectivity index (χ4v) is 1.32. The Labute approximate surface area is 90.9 Å². The van der Waals surface area contributed by atoms with Gasteiger partial charge in [0.1, 0.15) is 5.84 Å². The molecule has 0 amide bonds. The fraction of sp³-hybridized carbons (Fsp3) is 0.222. The van der Waals surface area contributed by atoms with Crippen molar-refractivity contribution in [2.45, 2.75) is 6.92 Å². The second-order valence-electron chi connectivity index (χ2n) is 2.64. The molecule has 0 unspecified atom stereocenters. The van der Waals surface area contributed by atoms with Gasteiger partial charge in [0.15, 0.2) is 0 Å². The number of hydrogen-bond acceptors (Lipinski definition) is 1. The molecule has 70 valence electrons. The largest absolute Gasteiger partial charge is 0.386 e. The molecule has 13 heavy (non-hydrogen) atoms. The number of nitrogens with two attached hydrogens (primary N) is 1. The summed E-state index contributed by atoms with van der Waals surface area (Å²) >= 11 is 8.96. The topological polar surface area (TPSA) is 38.4 Å². The molecule has 0 fully saturated rings. The third-order valence-electron chi connectivity index (χ3n) is 1.57. The van der Waals surface area contributed by atoms with Crippen LogP contribution >= 0.6 is 27.5 Å². The standard InChI is InChI=1S/C9H10BrClN2/c1-6-3-2-4-7(9(6)10)13-8(12)5-11/h2-4H,5H2,1H3,(H2,12,13). The summed E-state index contributed by atoms with van der Waals surface area (Å²) in [5, 5.41) is 0. The molecule has 0 atom stereocenters. The highest BCUT2D eigenvalue weighted by Crippen LogP contribution is 2.28. The lowest BCUT2D eigenvalue weighted by Crippen LogP contribution is -2.12. The Morgan fingerprint density at radius 1 is 1.62 bits per heavy atom. The van der Waals surface area contributed by atoms with E-state index in [4.69, 9.17) is 17.3 Å². The number of hydrogen-bond donors (Lipinski definition) is 1. The van der Waals surface area contributed by atoms with Gasteiger partial charge in [0.2, 0.25) is 0 Å². The number of amidine groups is 1. The molecular weight excluding hydrogens is 251 g/mol. The van der Waals surface area contributed by atoms with E-state index in [2.05, 4.69) is 20.9 Å². The maximum atomic E-state index is 5.52. The molecule has 0 aliphatic heterocycles. The number of aliphatic imine (C=N–C) groups is 1. The van der Waals surface area contributed by atoms with Crippen LogP contribution in [0.15, 0.2) is 27.7 Å². The van der Waals surface area contributed by atoms with E-state index in [1.807, 2.05) is 25.1 Å². The Morgan fingerprint density at radius 2 is 2.31 bits per heavy atom. The first-order valence-electron chi connectivity index (χ1n) is 3.79. The first-order chi connectivity index (χ1) is 6.15. The summed E-state index contributed by atoms with van der Waals surface area (Å²) in [5.74, 6) is 0.674. The molecule has 2 N–H and O–H groups in total. The molecule has 1 rings (SSSR count). The second kappa shape index (κ2) is 4.63. The zero-order chi connectivity index (χ0) is 9.84. The van der Waals surface area contributed by atoms with Crippen LogP contribution in [0, 0.1) is 6.92 Å². The van der Waals surface area contributed by atoms with Gasteiger partial charge in [-0.2, -0.15) is 0 Å². The van der Waals surface area contributed by atoms with Crippen LogP contribution in [0.3, 0.4) is 0 Å². The lowest BCUT2D eigenvalue weighted by Gasteiger charge is -2.02. The van der Waals surface area contributed by atoms with Crippen LogP contribution < -0.4 is 5.73 Å². The molecular formula is C9H10BrClN2. The van der Waals surface area contributed by atoms with Crippen molar-refractivity contribution < 1.29 is 0 Å². The fourth-order valence-electron chi connectivity index (χ4n) is 0.903. The minimum Gasteiger partial charge on any atom is -0.386 e. The van der Waals surface area contributed by atoms with E-state index in [-0.39, 0.29) is 5.88 Å². The first-order valence-corrected chi connectivity index (χ1v) is 5.12. The SMILES string of the molecule is Cc1cccc(N=C(N)CCl)c1Br. The number of benzene rings is 1. The molecule has 0 saturated carbocycles. The van der Waals surface area contributed by atoms with Gasteiger partial charge < -0.3 is 5.73 Å². The molecule has 1 aromatic carbocycles. The lowest BCUT2D eigenvalue weighted by atomic mass is 10.2. The molecule has 0 aliphatic rings. The van der Waals surface area contributed by atoms with E-state index >= 15 is 0 Å². The normalized spacial score (nSPS) is 11.8. The van der Waals surface area contributed by atoms with Crippen molar-refractivity contribution in [3.05, 3.63) is 28.2 Å². The average Bonchev–Trinajstić information content (AvgIpc) is 2.13. The maximum absolute atomic E-state index is 5.52. The predicted octanol–water partition coefficient (Wildman–Crippen LogP) is 2.99. The highest BCUT2D eigenvalue weighted by Gasteiger charge is 2.00.